The summed E-state index contributed by atoms with van der Waals surface area (Å²) in [6.45, 7) is 0. The summed E-state index contributed by atoms with van der Waals surface area (Å²) in [5.41, 5.74) is 14.3. The van der Waals surface area contributed by atoms with Crippen molar-refractivity contribution in [1.29, 1.82) is 0 Å². The SMILES string of the molecule is C(=Cc1ccc(C=Cc2ccc(C=C(c3ccccc3)c3ccccc3)cc2)c2ccccc12)c1ccc(C=C(c2ccccc2)c2ccccc2)cc1. The average molecular weight is 689 g/mol. The van der Waals surface area contributed by atoms with Crippen molar-refractivity contribution in [3.63, 3.8) is 0 Å². The molecule has 8 rings (SSSR count). The first-order valence-electron chi connectivity index (χ1n) is 18.5. The Bertz CT molecular complexity index is 2300. The summed E-state index contributed by atoms with van der Waals surface area (Å²) in [6, 6.07) is 73.1. The van der Waals surface area contributed by atoms with Crippen LogP contribution in [0.3, 0.4) is 0 Å². The minimum Gasteiger partial charge on any atom is -0.0622 e. The molecule has 0 amide bonds. The van der Waals surface area contributed by atoms with E-state index in [0.717, 1.165) is 0 Å². The third-order valence-electron chi connectivity index (χ3n) is 9.74. The first kappa shape index (κ1) is 34.1. The first-order valence-corrected chi connectivity index (χ1v) is 18.5. The Kier molecular flexibility index (Phi) is 10.4. The molecule has 0 radical (unpaired) electrons. The van der Waals surface area contributed by atoms with Crippen molar-refractivity contribution < 1.29 is 0 Å². The summed E-state index contributed by atoms with van der Waals surface area (Å²) in [4.78, 5) is 0. The quantitative estimate of drug-likeness (QED) is 0.125. The van der Waals surface area contributed by atoms with E-state index >= 15 is 0 Å². The largest absolute Gasteiger partial charge is 0.0622 e. The zero-order valence-electron chi connectivity index (χ0n) is 30.1. The molecule has 0 saturated heterocycles. The Morgan fingerprint density at radius 2 is 0.519 bits per heavy atom. The molecule has 0 heterocycles. The molecule has 0 unspecified atom stereocenters. The standard InChI is InChI=1S/C54H40/c1-5-15-45(16-6-1)53(46-17-7-2-8-18-46)39-43-29-25-41(26-30-43)33-35-49-37-38-50(52-24-14-13-23-51(49)52)36-34-42-27-31-44(32-28-42)40-54(47-19-9-3-10-20-47)48-21-11-4-12-22-48/h1-40H. The van der Waals surface area contributed by atoms with E-state index in [0.29, 0.717) is 0 Å². The van der Waals surface area contributed by atoms with E-state index in [-0.39, 0.29) is 0 Å². The Labute approximate surface area is 319 Å². The second-order valence-electron chi connectivity index (χ2n) is 13.4. The van der Waals surface area contributed by atoms with Crippen molar-refractivity contribution >= 4 is 58.4 Å². The molecule has 0 fully saturated rings. The molecule has 0 heteroatoms. The van der Waals surface area contributed by atoms with Crippen LogP contribution in [0.1, 0.15) is 55.6 Å². The van der Waals surface area contributed by atoms with Crippen LogP contribution in [0.4, 0.5) is 0 Å². The van der Waals surface area contributed by atoms with E-state index in [4.69, 9.17) is 0 Å². The van der Waals surface area contributed by atoms with E-state index in [1.165, 1.54) is 77.6 Å². The van der Waals surface area contributed by atoms with Crippen molar-refractivity contribution in [1.82, 2.24) is 0 Å². The van der Waals surface area contributed by atoms with Crippen LogP contribution in [0, 0.1) is 0 Å². The number of hydrogen-bond donors (Lipinski definition) is 0. The summed E-state index contributed by atoms with van der Waals surface area (Å²) in [6.07, 6.45) is 13.4. The number of fused-ring (bicyclic) bond motifs is 1. The fourth-order valence-electron chi connectivity index (χ4n) is 6.89. The van der Waals surface area contributed by atoms with Gasteiger partial charge < -0.3 is 0 Å². The first-order chi connectivity index (χ1) is 26.8. The normalized spacial score (nSPS) is 11.2. The maximum Gasteiger partial charge on any atom is -0.0105 e. The lowest BCUT2D eigenvalue weighted by Crippen LogP contribution is -1.88. The Balaban J connectivity index is 1.00. The molecule has 0 N–H and O–H groups in total. The van der Waals surface area contributed by atoms with E-state index in [9.17, 15) is 0 Å². The van der Waals surface area contributed by atoms with Crippen LogP contribution in [0.15, 0.2) is 206 Å². The monoisotopic (exact) mass is 688 g/mol. The highest BCUT2D eigenvalue weighted by molar-refractivity contribution is 5.99. The third-order valence-corrected chi connectivity index (χ3v) is 9.74. The predicted octanol–water partition coefficient (Wildman–Crippen LogP) is 14.4. The minimum atomic E-state index is 1.17. The molecule has 0 atom stereocenters. The van der Waals surface area contributed by atoms with Crippen LogP contribution in [-0.4, -0.2) is 0 Å². The van der Waals surface area contributed by atoms with Gasteiger partial charge in [-0.25, -0.2) is 0 Å². The van der Waals surface area contributed by atoms with Crippen molar-refractivity contribution in [2.75, 3.05) is 0 Å². The number of benzene rings is 8. The maximum absolute atomic E-state index is 2.27. The lowest BCUT2D eigenvalue weighted by atomic mass is 9.95. The van der Waals surface area contributed by atoms with Crippen LogP contribution in [0.2, 0.25) is 0 Å². The molecule has 54 heavy (non-hydrogen) atoms. The van der Waals surface area contributed by atoms with Crippen LogP contribution < -0.4 is 0 Å². The number of rotatable bonds is 10. The molecular weight excluding hydrogens is 649 g/mol. The van der Waals surface area contributed by atoms with Gasteiger partial charge in [-0.05, 0) is 89.7 Å². The van der Waals surface area contributed by atoms with Crippen LogP contribution in [0.5, 0.6) is 0 Å². The Morgan fingerprint density at radius 3 is 0.833 bits per heavy atom. The molecule has 8 aromatic rings. The van der Waals surface area contributed by atoms with Gasteiger partial charge in [-0.3, -0.25) is 0 Å². The van der Waals surface area contributed by atoms with E-state index in [1.54, 1.807) is 0 Å². The average Bonchev–Trinajstić information content (AvgIpc) is 3.25. The molecule has 256 valence electrons. The minimum absolute atomic E-state index is 1.17. The highest BCUT2D eigenvalue weighted by atomic mass is 14.1. The molecule has 0 spiro atoms. The summed E-state index contributed by atoms with van der Waals surface area (Å²) >= 11 is 0. The van der Waals surface area contributed by atoms with Gasteiger partial charge in [-0.1, -0.05) is 231 Å². The second-order valence-corrected chi connectivity index (χ2v) is 13.4. The van der Waals surface area contributed by atoms with Gasteiger partial charge >= 0.3 is 0 Å². The smallest absolute Gasteiger partial charge is 0.0105 e. The topological polar surface area (TPSA) is 0 Å². The lowest BCUT2D eigenvalue weighted by molar-refractivity contribution is 1.55. The van der Waals surface area contributed by atoms with Gasteiger partial charge in [0.1, 0.15) is 0 Å². The molecule has 0 saturated carbocycles. The summed E-state index contributed by atoms with van der Waals surface area (Å²) in [5.74, 6) is 0. The molecule has 0 aliphatic heterocycles. The van der Waals surface area contributed by atoms with Crippen molar-refractivity contribution in [2.24, 2.45) is 0 Å². The summed E-state index contributed by atoms with van der Waals surface area (Å²) in [5, 5.41) is 2.47. The summed E-state index contributed by atoms with van der Waals surface area (Å²) < 4.78 is 0. The van der Waals surface area contributed by atoms with Gasteiger partial charge in [0, 0.05) is 0 Å². The van der Waals surface area contributed by atoms with Gasteiger partial charge in [0.15, 0.2) is 0 Å². The van der Waals surface area contributed by atoms with Crippen molar-refractivity contribution in [3.8, 4) is 0 Å². The van der Waals surface area contributed by atoms with Crippen LogP contribution in [0.25, 0.3) is 58.4 Å². The maximum atomic E-state index is 2.27. The van der Waals surface area contributed by atoms with E-state index in [1.807, 2.05) is 0 Å². The molecule has 0 aliphatic rings. The molecule has 0 nitrogen and oxygen atoms in total. The molecule has 0 aromatic heterocycles. The predicted molar refractivity (Wildman–Crippen MR) is 234 cm³/mol. The van der Waals surface area contributed by atoms with Gasteiger partial charge in [-0.15, -0.1) is 0 Å². The molecule has 0 bridgehead atoms. The zero-order valence-corrected chi connectivity index (χ0v) is 30.1. The van der Waals surface area contributed by atoms with Gasteiger partial charge in [0.05, 0.1) is 0 Å². The van der Waals surface area contributed by atoms with E-state index in [2.05, 4.69) is 243 Å². The Hall–Kier alpha value is -7.02. The van der Waals surface area contributed by atoms with Gasteiger partial charge in [0.25, 0.3) is 0 Å². The third kappa shape index (κ3) is 8.20. The number of hydrogen-bond acceptors (Lipinski definition) is 0. The van der Waals surface area contributed by atoms with Crippen molar-refractivity contribution in [3.05, 3.63) is 262 Å². The fraction of sp³-hybridized carbons (Fsp3) is 0. The van der Waals surface area contributed by atoms with Gasteiger partial charge in [0.2, 0.25) is 0 Å². The lowest BCUT2D eigenvalue weighted by Gasteiger charge is -2.09. The van der Waals surface area contributed by atoms with Crippen LogP contribution >= 0.6 is 0 Å². The van der Waals surface area contributed by atoms with Gasteiger partial charge in [-0.2, -0.15) is 0 Å². The second kappa shape index (κ2) is 16.5. The zero-order chi connectivity index (χ0) is 36.4. The Morgan fingerprint density at radius 1 is 0.241 bits per heavy atom. The van der Waals surface area contributed by atoms with E-state index < -0.39 is 0 Å². The summed E-state index contributed by atoms with van der Waals surface area (Å²) in [7, 11) is 0. The highest BCUT2D eigenvalue weighted by Crippen LogP contribution is 2.29. The van der Waals surface area contributed by atoms with Crippen molar-refractivity contribution in [2.45, 2.75) is 0 Å². The van der Waals surface area contributed by atoms with Crippen LogP contribution in [-0.2, 0) is 0 Å². The molecule has 0 aliphatic carbocycles. The molecular formula is C54H40. The highest BCUT2D eigenvalue weighted by Gasteiger charge is 2.07. The fourth-order valence-corrected chi connectivity index (χ4v) is 6.89. The molecule has 8 aromatic carbocycles.